The molecule has 0 atom stereocenters. The number of hydrogen-bond acceptors (Lipinski definition) is 2. The van der Waals surface area contributed by atoms with Crippen LogP contribution in [0.2, 0.25) is 0 Å². The van der Waals surface area contributed by atoms with Crippen molar-refractivity contribution in [2.24, 2.45) is 0 Å². The molecule has 0 aromatic heterocycles. The van der Waals surface area contributed by atoms with E-state index in [1.165, 1.54) is 0 Å². The third-order valence-corrected chi connectivity index (χ3v) is 3.45. The number of benzene rings is 2. The smallest absolute Gasteiger partial charge is 0.228 e. The van der Waals surface area contributed by atoms with Crippen LogP contribution in [-0.4, -0.2) is 20.0 Å². The van der Waals surface area contributed by atoms with E-state index in [-0.39, 0.29) is 5.91 Å². The van der Waals surface area contributed by atoms with Gasteiger partial charge in [-0.05, 0) is 35.9 Å². The third-order valence-electron chi connectivity index (χ3n) is 2.92. The molecule has 2 aromatic rings. The van der Waals surface area contributed by atoms with Crippen molar-refractivity contribution in [2.45, 2.75) is 6.42 Å². The summed E-state index contributed by atoms with van der Waals surface area (Å²) >= 11 is 3.38. The Morgan fingerprint density at radius 2 is 1.85 bits per heavy atom. The molecule has 0 unspecified atom stereocenters. The molecular formula is C16H17BrN2O. The Morgan fingerprint density at radius 3 is 2.50 bits per heavy atom. The standard InChI is InChI=1S/C16H17BrN2O/c1-19(2)15-5-3-4-14(11-15)18-16(20)10-12-6-8-13(17)9-7-12/h3-9,11H,10H2,1-2H3,(H,18,20). The largest absolute Gasteiger partial charge is 0.378 e. The molecular weight excluding hydrogens is 316 g/mol. The summed E-state index contributed by atoms with van der Waals surface area (Å²) in [7, 11) is 3.95. The first kappa shape index (κ1) is 14.6. The third kappa shape index (κ3) is 4.10. The maximum atomic E-state index is 12.0. The summed E-state index contributed by atoms with van der Waals surface area (Å²) in [5.74, 6) is -0.0109. The highest BCUT2D eigenvalue weighted by atomic mass is 79.9. The van der Waals surface area contributed by atoms with Gasteiger partial charge < -0.3 is 10.2 Å². The van der Waals surface area contributed by atoms with E-state index in [1.807, 2.05) is 67.5 Å². The topological polar surface area (TPSA) is 32.3 Å². The molecule has 0 saturated carbocycles. The van der Waals surface area contributed by atoms with Crippen molar-refractivity contribution in [3.8, 4) is 0 Å². The zero-order chi connectivity index (χ0) is 14.5. The van der Waals surface area contributed by atoms with Gasteiger partial charge >= 0.3 is 0 Å². The SMILES string of the molecule is CN(C)c1cccc(NC(=O)Cc2ccc(Br)cc2)c1. The molecule has 4 heteroatoms. The number of carbonyl (C=O) groups is 1. The summed E-state index contributed by atoms with van der Waals surface area (Å²) in [6.45, 7) is 0. The molecule has 0 aliphatic heterocycles. The van der Waals surface area contributed by atoms with Crippen LogP contribution in [0.15, 0.2) is 53.0 Å². The Morgan fingerprint density at radius 1 is 1.15 bits per heavy atom. The Bertz CT molecular complexity index is 594. The zero-order valence-electron chi connectivity index (χ0n) is 11.6. The van der Waals surface area contributed by atoms with Crippen molar-refractivity contribution < 1.29 is 4.79 Å². The van der Waals surface area contributed by atoms with Crippen LogP contribution in [0.1, 0.15) is 5.56 Å². The maximum absolute atomic E-state index is 12.0. The second-order valence-corrected chi connectivity index (χ2v) is 5.71. The molecule has 3 nitrogen and oxygen atoms in total. The minimum absolute atomic E-state index is 0.0109. The number of amides is 1. The van der Waals surface area contributed by atoms with E-state index in [4.69, 9.17) is 0 Å². The first-order valence-electron chi connectivity index (χ1n) is 6.36. The van der Waals surface area contributed by atoms with Crippen molar-refractivity contribution in [3.05, 3.63) is 58.6 Å². The predicted molar refractivity (Wildman–Crippen MR) is 87.2 cm³/mol. The Kier molecular flexibility index (Phi) is 4.79. The van der Waals surface area contributed by atoms with Gasteiger partial charge in [0.2, 0.25) is 5.91 Å². The monoisotopic (exact) mass is 332 g/mol. The molecule has 20 heavy (non-hydrogen) atoms. The number of nitrogens with one attached hydrogen (secondary N) is 1. The molecule has 2 aromatic carbocycles. The van der Waals surface area contributed by atoms with Crippen molar-refractivity contribution >= 4 is 33.2 Å². The molecule has 0 heterocycles. The molecule has 0 aliphatic carbocycles. The molecule has 0 bridgehead atoms. The molecule has 1 amide bonds. The van der Waals surface area contributed by atoms with Crippen LogP contribution >= 0.6 is 15.9 Å². The van der Waals surface area contributed by atoms with Gasteiger partial charge in [0.1, 0.15) is 0 Å². The normalized spacial score (nSPS) is 10.2. The van der Waals surface area contributed by atoms with Crippen molar-refractivity contribution in [1.82, 2.24) is 0 Å². The number of anilines is 2. The van der Waals surface area contributed by atoms with E-state index in [2.05, 4.69) is 21.2 Å². The van der Waals surface area contributed by atoms with Crippen LogP contribution in [0.3, 0.4) is 0 Å². The fraction of sp³-hybridized carbons (Fsp3) is 0.188. The van der Waals surface area contributed by atoms with Crippen LogP contribution in [0.25, 0.3) is 0 Å². The Balaban J connectivity index is 2.01. The van der Waals surface area contributed by atoms with Crippen LogP contribution in [0, 0.1) is 0 Å². The maximum Gasteiger partial charge on any atom is 0.228 e. The average molecular weight is 333 g/mol. The van der Waals surface area contributed by atoms with Gasteiger partial charge in [-0.25, -0.2) is 0 Å². The Labute approximate surface area is 127 Å². The van der Waals surface area contributed by atoms with Gasteiger partial charge in [-0.15, -0.1) is 0 Å². The summed E-state index contributed by atoms with van der Waals surface area (Å²) in [4.78, 5) is 14.0. The number of rotatable bonds is 4. The van der Waals surface area contributed by atoms with Gasteiger partial charge in [0, 0.05) is 29.9 Å². The van der Waals surface area contributed by atoms with E-state index in [0.29, 0.717) is 6.42 Å². The van der Waals surface area contributed by atoms with E-state index >= 15 is 0 Å². The van der Waals surface area contributed by atoms with Crippen molar-refractivity contribution in [2.75, 3.05) is 24.3 Å². The summed E-state index contributed by atoms with van der Waals surface area (Å²) in [6, 6.07) is 15.6. The van der Waals surface area contributed by atoms with Gasteiger partial charge in [-0.3, -0.25) is 4.79 Å². The van der Waals surface area contributed by atoms with Crippen LogP contribution in [0.4, 0.5) is 11.4 Å². The van der Waals surface area contributed by atoms with Crippen molar-refractivity contribution in [1.29, 1.82) is 0 Å². The lowest BCUT2D eigenvalue weighted by Crippen LogP contribution is -2.15. The molecule has 0 spiro atoms. The Hall–Kier alpha value is -1.81. The van der Waals surface area contributed by atoms with Gasteiger partial charge in [0.25, 0.3) is 0 Å². The van der Waals surface area contributed by atoms with Gasteiger partial charge in [0.05, 0.1) is 6.42 Å². The molecule has 1 N–H and O–H groups in total. The van der Waals surface area contributed by atoms with Gasteiger partial charge in [0.15, 0.2) is 0 Å². The van der Waals surface area contributed by atoms with E-state index in [0.717, 1.165) is 21.4 Å². The number of hydrogen-bond donors (Lipinski definition) is 1. The van der Waals surface area contributed by atoms with E-state index < -0.39 is 0 Å². The highest BCUT2D eigenvalue weighted by molar-refractivity contribution is 9.10. The summed E-state index contributed by atoms with van der Waals surface area (Å²) in [6.07, 6.45) is 0.374. The van der Waals surface area contributed by atoms with Crippen LogP contribution < -0.4 is 10.2 Å². The quantitative estimate of drug-likeness (QED) is 0.925. The van der Waals surface area contributed by atoms with Gasteiger partial charge in [-0.2, -0.15) is 0 Å². The molecule has 104 valence electrons. The van der Waals surface area contributed by atoms with E-state index in [1.54, 1.807) is 0 Å². The molecule has 0 fully saturated rings. The van der Waals surface area contributed by atoms with Crippen molar-refractivity contribution in [3.63, 3.8) is 0 Å². The molecule has 0 radical (unpaired) electrons. The lowest BCUT2D eigenvalue weighted by atomic mass is 10.1. The highest BCUT2D eigenvalue weighted by Gasteiger charge is 2.05. The van der Waals surface area contributed by atoms with E-state index in [9.17, 15) is 4.79 Å². The molecule has 0 aliphatic rings. The second kappa shape index (κ2) is 6.57. The van der Waals surface area contributed by atoms with Crippen LogP contribution in [-0.2, 0) is 11.2 Å². The fourth-order valence-electron chi connectivity index (χ4n) is 1.85. The first-order chi connectivity index (χ1) is 9.54. The second-order valence-electron chi connectivity index (χ2n) is 4.80. The summed E-state index contributed by atoms with van der Waals surface area (Å²) < 4.78 is 1.01. The molecule has 0 saturated heterocycles. The number of carbonyl (C=O) groups excluding carboxylic acids is 1. The zero-order valence-corrected chi connectivity index (χ0v) is 13.1. The first-order valence-corrected chi connectivity index (χ1v) is 7.15. The lowest BCUT2D eigenvalue weighted by Gasteiger charge is -2.14. The molecule has 2 rings (SSSR count). The summed E-state index contributed by atoms with van der Waals surface area (Å²) in [5, 5.41) is 2.92. The highest BCUT2D eigenvalue weighted by Crippen LogP contribution is 2.18. The number of halogens is 1. The lowest BCUT2D eigenvalue weighted by molar-refractivity contribution is -0.115. The van der Waals surface area contributed by atoms with Crippen LogP contribution in [0.5, 0.6) is 0 Å². The minimum Gasteiger partial charge on any atom is -0.378 e. The number of nitrogens with zero attached hydrogens (tertiary/aromatic N) is 1. The fourth-order valence-corrected chi connectivity index (χ4v) is 2.12. The van der Waals surface area contributed by atoms with Gasteiger partial charge in [-0.1, -0.05) is 34.1 Å². The average Bonchev–Trinajstić information content (AvgIpc) is 2.41. The summed E-state index contributed by atoms with van der Waals surface area (Å²) in [5.41, 5.74) is 2.87. The predicted octanol–water partition coefficient (Wildman–Crippen LogP) is 3.70. The minimum atomic E-state index is -0.0109.